The second-order valence-electron chi connectivity index (χ2n) is 3.90. The summed E-state index contributed by atoms with van der Waals surface area (Å²) in [6.07, 6.45) is 0.844. The van der Waals surface area contributed by atoms with Gasteiger partial charge in [0.2, 0.25) is 5.91 Å². The summed E-state index contributed by atoms with van der Waals surface area (Å²) in [5.41, 5.74) is 1.21. The lowest BCUT2D eigenvalue weighted by Crippen LogP contribution is -2.36. The first-order valence-electron chi connectivity index (χ1n) is 5.93. The summed E-state index contributed by atoms with van der Waals surface area (Å²) in [5, 5.41) is 5.87. The van der Waals surface area contributed by atoms with E-state index in [1.165, 1.54) is 5.56 Å². The van der Waals surface area contributed by atoms with Crippen molar-refractivity contribution in [1.82, 2.24) is 10.6 Å². The van der Waals surface area contributed by atoms with Crippen molar-refractivity contribution in [2.24, 2.45) is 0 Å². The third-order valence-corrected chi connectivity index (χ3v) is 2.95. The molecule has 0 bridgehead atoms. The molecule has 0 radical (unpaired) electrons. The average Bonchev–Trinajstić information content (AvgIpc) is 2.37. The quantitative estimate of drug-likeness (QED) is 0.702. The van der Waals surface area contributed by atoms with Gasteiger partial charge in [0.05, 0.1) is 13.2 Å². The molecule has 0 spiro atoms. The van der Waals surface area contributed by atoms with Crippen molar-refractivity contribution < 1.29 is 9.53 Å². The van der Waals surface area contributed by atoms with Gasteiger partial charge in [-0.1, -0.05) is 28.1 Å². The Morgan fingerprint density at radius 1 is 1.26 bits per heavy atom. The molecule has 1 aromatic rings. The largest absolute Gasteiger partial charge is 0.383 e. The number of carbonyl (C=O) groups excluding carboxylic acids is 1. The van der Waals surface area contributed by atoms with E-state index in [1.807, 2.05) is 24.3 Å². The predicted octanol–water partition coefficient (Wildman–Crippen LogP) is 1.77. The molecule has 6 heteroatoms. The number of benzene rings is 1. The van der Waals surface area contributed by atoms with Crippen LogP contribution in [-0.4, -0.2) is 39.3 Å². The summed E-state index contributed by atoms with van der Waals surface area (Å²) < 4.78 is 5.94. The van der Waals surface area contributed by atoms with E-state index in [1.54, 1.807) is 7.11 Å². The standard InChI is InChI=1S/C13H19BrN2O2.ClH/c1-18-9-8-15-10-13(17)16-7-6-11-2-4-12(14)5-3-11;/h2-5,15H,6-10H2,1H3,(H,16,17);1H. The van der Waals surface area contributed by atoms with Crippen molar-refractivity contribution >= 4 is 34.2 Å². The van der Waals surface area contributed by atoms with E-state index in [0.29, 0.717) is 26.2 Å². The van der Waals surface area contributed by atoms with Crippen LogP contribution < -0.4 is 10.6 Å². The van der Waals surface area contributed by atoms with Crippen LogP contribution in [0, 0.1) is 0 Å². The van der Waals surface area contributed by atoms with Crippen molar-refractivity contribution in [3.05, 3.63) is 34.3 Å². The van der Waals surface area contributed by atoms with Crippen LogP contribution in [0.2, 0.25) is 0 Å². The van der Waals surface area contributed by atoms with E-state index in [9.17, 15) is 4.79 Å². The average molecular weight is 352 g/mol. The number of rotatable bonds is 8. The zero-order valence-electron chi connectivity index (χ0n) is 10.9. The molecule has 1 aromatic carbocycles. The molecule has 4 nitrogen and oxygen atoms in total. The van der Waals surface area contributed by atoms with Crippen molar-refractivity contribution in [3.8, 4) is 0 Å². The summed E-state index contributed by atoms with van der Waals surface area (Å²) >= 11 is 3.39. The Kier molecular flexibility index (Phi) is 10.9. The molecule has 0 aliphatic heterocycles. The molecule has 108 valence electrons. The summed E-state index contributed by atoms with van der Waals surface area (Å²) in [7, 11) is 1.64. The third-order valence-electron chi connectivity index (χ3n) is 2.42. The molecule has 0 fully saturated rings. The van der Waals surface area contributed by atoms with Gasteiger partial charge in [-0.25, -0.2) is 0 Å². The fourth-order valence-electron chi connectivity index (χ4n) is 1.44. The van der Waals surface area contributed by atoms with Crippen LogP contribution in [0.3, 0.4) is 0 Å². The second kappa shape index (κ2) is 11.2. The lowest BCUT2D eigenvalue weighted by atomic mass is 10.1. The third kappa shape index (κ3) is 8.99. The number of halogens is 2. The van der Waals surface area contributed by atoms with Crippen molar-refractivity contribution in [1.29, 1.82) is 0 Å². The first kappa shape index (κ1) is 18.4. The second-order valence-corrected chi connectivity index (χ2v) is 4.81. The number of hydrogen-bond acceptors (Lipinski definition) is 3. The highest BCUT2D eigenvalue weighted by Gasteiger charge is 2.00. The topological polar surface area (TPSA) is 50.4 Å². The zero-order valence-corrected chi connectivity index (χ0v) is 13.4. The number of nitrogens with one attached hydrogen (secondary N) is 2. The molecule has 0 heterocycles. The number of methoxy groups -OCH3 is 1. The van der Waals surface area contributed by atoms with Crippen molar-refractivity contribution in [3.63, 3.8) is 0 Å². The minimum Gasteiger partial charge on any atom is -0.383 e. The van der Waals surface area contributed by atoms with Gasteiger partial charge in [0, 0.05) is 24.7 Å². The lowest BCUT2D eigenvalue weighted by molar-refractivity contribution is -0.120. The molecule has 0 aromatic heterocycles. The molecule has 1 rings (SSSR count). The predicted molar refractivity (Wildman–Crippen MR) is 82.8 cm³/mol. The molecule has 1 amide bonds. The highest BCUT2D eigenvalue weighted by atomic mass is 79.9. The first-order valence-corrected chi connectivity index (χ1v) is 6.72. The van der Waals surface area contributed by atoms with Crippen LogP contribution in [-0.2, 0) is 16.0 Å². The Bertz CT molecular complexity index is 360. The van der Waals surface area contributed by atoms with Gasteiger partial charge in [-0.15, -0.1) is 12.4 Å². The molecular weight excluding hydrogens is 332 g/mol. The molecule has 19 heavy (non-hydrogen) atoms. The highest BCUT2D eigenvalue weighted by molar-refractivity contribution is 9.10. The lowest BCUT2D eigenvalue weighted by Gasteiger charge is -2.06. The van der Waals surface area contributed by atoms with Gasteiger partial charge in [0.15, 0.2) is 0 Å². The summed E-state index contributed by atoms with van der Waals surface area (Å²) in [6.45, 7) is 2.30. The van der Waals surface area contributed by atoms with E-state index >= 15 is 0 Å². The van der Waals surface area contributed by atoms with Crippen LogP contribution in [0.15, 0.2) is 28.7 Å². The van der Waals surface area contributed by atoms with Crippen LogP contribution in [0.25, 0.3) is 0 Å². The maximum atomic E-state index is 11.4. The van der Waals surface area contributed by atoms with E-state index < -0.39 is 0 Å². The van der Waals surface area contributed by atoms with Gasteiger partial charge in [-0.2, -0.15) is 0 Å². The van der Waals surface area contributed by atoms with E-state index in [2.05, 4.69) is 26.6 Å². The van der Waals surface area contributed by atoms with Crippen LogP contribution in [0.4, 0.5) is 0 Å². The monoisotopic (exact) mass is 350 g/mol. The summed E-state index contributed by atoms with van der Waals surface area (Å²) in [5.74, 6) is 0.0169. The maximum absolute atomic E-state index is 11.4. The highest BCUT2D eigenvalue weighted by Crippen LogP contribution is 2.10. The van der Waals surface area contributed by atoms with E-state index in [0.717, 1.165) is 10.9 Å². The van der Waals surface area contributed by atoms with Crippen molar-refractivity contribution in [2.75, 3.05) is 33.4 Å². The Balaban J connectivity index is 0.00000324. The number of hydrogen-bond donors (Lipinski definition) is 2. The molecule has 0 aliphatic carbocycles. The zero-order chi connectivity index (χ0) is 13.2. The minimum absolute atomic E-state index is 0. The van der Waals surface area contributed by atoms with Gasteiger partial charge in [-0.05, 0) is 24.1 Å². The van der Waals surface area contributed by atoms with Gasteiger partial charge >= 0.3 is 0 Å². The number of ether oxygens (including phenoxy) is 1. The van der Waals surface area contributed by atoms with Gasteiger partial charge in [0.25, 0.3) is 0 Å². The fourth-order valence-corrected chi connectivity index (χ4v) is 1.70. The molecule has 0 saturated heterocycles. The van der Waals surface area contributed by atoms with Gasteiger partial charge in [-0.3, -0.25) is 4.79 Å². The molecule has 2 N–H and O–H groups in total. The summed E-state index contributed by atoms with van der Waals surface area (Å²) in [4.78, 5) is 11.4. The molecule has 0 saturated carbocycles. The van der Waals surface area contributed by atoms with Crippen molar-refractivity contribution in [2.45, 2.75) is 6.42 Å². The van der Waals surface area contributed by atoms with E-state index in [4.69, 9.17) is 4.74 Å². The van der Waals surface area contributed by atoms with Gasteiger partial charge in [0.1, 0.15) is 0 Å². The summed E-state index contributed by atoms with van der Waals surface area (Å²) in [6, 6.07) is 8.10. The van der Waals surface area contributed by atoms with Crippen LogP contribution in [0.1, 0.15) is 5.56 Å². The Hall–Kier alpha value is -0.620. The molecule has 0 unspecified atom stereocenters. The number of carbonyl (C=O) groups is 1. The molecule has 0 atom stereocenters. The Labute approximate surface area is 128 Å². The van der Waals surface area contributed by atoms with E-state index in [-0.39, 0.29) is 18.3 Å². The maximum Gasteiger partial charge on any atom is 0.233 e. The van der Waals surface area contributed by atoms with Crippen LogP contribution in [0.5, 0.6) is 0 Å². The molecular formula is C13H20BrClN2O2. The minimum atomic E-state index is 0. The molecule has 0 aliphatic rings. The smallest absolute Gasteiger partial charge is 0.233 e. The fraction of sp³-hybridized carbons (Fsp3) is 0.462. The number of amides is 1. The van der Waals surface area contributed by atoms with Gasteiger partial charge < -0.3 is 15.4 Å². The Morgan fingerprint density at radius 2 is 1.95 bits per heavy atom. The first-order chi connectivity index (χ1) is 8.72. The Morgan fingerprint density at radius 3 is 2.58 bits per heavy atom. The SMILES string of the molecule is COCCNCC(=O)NCCc1ccc(Br)cc1.Cl. The van der Waals surface area contributed by atoms with Crippen LogP contribution >= 0.6 is 28.3 Å². The normalized spacial score (nSPS) is 9.79.